The molecule has 0 bridgehead atoms. The zero-order valence-corrected chi connectivity index (χ0v) is 12.2. The molecule has 18 heavy (non-hydrogen) atoms. The lowest BCUT2D eigenvalue weighted by molar-refractivity contribution is 0.0932. The molecule has 5 heteroatoms. The van der Waals surface area contributed by atoms with Crippen LogP contribution in [-0.2, 0) is 0 Å². The Labute approximate surface area is 119 Å². The average molecular weight is 326 g/mol. The van der Waals surface area contributed by atoms with Crippen LogP contribution in [0.5, 0.6) is 0 Å². The van der Waals surface area contributed by atoms with Crippen LogP contribution in [0.2, 0.25) is 0 Å². The topological polar surface area (TPSA) is 42.2 Å². The van der Waals surface area contributed by atoms with Gasteiger partial charge in [-0.2, -0.15) is 0 Å². The van der Waals surface area contributed by atoms with Crippen molar-refractivity contribution in [3.05, 3.63) is 52.4 Å². The number of furan rings is 1. The summed E-state index contributed by atoms with van der Waals surface area (Å²) >= 11 is 7.62. The van der Waals surface area contributed by atoms with Crippen LogP contribution in [0.1, 0.15) is 29.1 Å². The van der Waals surface area contributed by atoms with E-state index in [4.69, 9.17) is 4.42 Å². The van der Waals surface area contributed by atoms with E-state index in [9.17, 15) is 4.79 Å². The summed E-state index contributed by atoms with van der Waals surface area (Å²) in [4.78, 5) is 12.7. The summed E-state index contributed by atoms with van der Waals surface area (Å²) in [6.45, 7) is 1.87. The lowest BCUT2D eigenvalue weighted by Gasteiger charge is -2.12. The van der Waals surface area contributed by atoms with E-state index in [1.54, 1.807) is 24.5 Å². The summed E-state index contributed by atoms with van der Waals surface area (Å²) in [6, 6.07) is 8.78. The van der Waals surface area contributed by atoms with Gasteiger partial charge in [0.25, 0.3) is 5.91 Å². The Morgan fingerprint density at radius 1 is 1.44 bits per heavy atom. The van der Waals surface area contributed by atoms with E-state index in [-0.39, 0.29) is 11.9 Å². The lowest BCUT2D eigenvalue weighted by atomic mass is 10.2. The summed E-state index contributed by atoms with van der Waals surface area (Å²) in [5, 5.41) is 2.86. The number of benzene rings is 1. The van der Waals surface area contributed by atoms with Crippen molar-refractivity contribution >= 4 is 34.5 Å². The maximum absolute atomic E-state index is 12.1. The van der Waals surface area contributed by atoms with Crippen LogP contribution in [0.3, 0.4) is 0 Å². The van der Waals surface area contributed by atoms with Crippen LogP contribution >= 0.6 is 28.6 Å². The quantitative estimate of drug-likeness (QED) is 0.842. The van der Waals surface area contributed by atoms with E-state index in [1.165, 1.54) is 0 Å². The van der Waals surface area contributed by atoms with Crippen molar-refractivity contribution in [2.45, 2.75) is 17.9 Å². The minimum atomic E-state index is -0.177. The fourth-order valence-electron chi connectivity index (χ4n) is 1.58. The fraction of sp³-hybridized carbons (Fsp3) is 0.154. The van der Waals surface area contributed by atoms with Gasteiger partial charge in [0.15, 0.2) is 0 Å². The number of carbonyl (C=O) groups excluding carboxylic acids is 1. The molecule has 3 nitrogen and oxygen atoms in total. The molecule has 94 valence electrons. The van der Waals surface area contributed by atoms with Gasteiger partial charge in [-0.3, -0.25) is 4.79 Å². The first-order valence-electron chi connectivity index (χ1n) is 5.40. The Hall–Kier alpha value is -1.20. The zero-order valence-electron chi connectivity index (χ0n) is 9.68. The van der Waals surface area contributed by atoms with Crippen LogP contribution in [-0.4, -0.2) is 5.91 Å². The van der Waals surface area contributed by atoms with Crippen molar-refractivity contribution in [3.63, 3.8) is 0 Å². The molecule has 2 rings (SSSR count). The van der Waals surface area contributed by atoms with Crippen LogP contribution < -0.4 is 5.32 Å². The smallest absolute Gasteiger partial charge is 0.252 e. The molecule has 1 amide bonds. The molecule has 1 aromatic carbocycles. The van der Waals surface area contributed by atoms with Crippen molar-refractivity contribution in [2.75, 3.05) is 0 Å². The maximum Gasteiger partial charge on any atom is 0.252 e. The van der Waals surface area contributed by atoms with E-state index in [1.807, 2.05) is 19.1 Å². The molecule has 0 aliphatic rings. The predicted octanol–water partition coefficient (Wildman–Crippen LogP) is 3.82. The van der Waals surface area contributed by atoms with Crippen molar-refractivity contribution in [1.29, 1.82) is 0 Å². The highest BCUT2D eigenvalue weighted by Crippen LogP contribution is 2.21. The molecule has 0 saturated heterocycles. The van der Waals surface area contributed by atoms with E-state index in [0.717, 1.165) is 10.2 Å². The summed E-state index contributed by atoms with van der Waals surface area (Å²) < 4.78 is 6.13. The number of amides is 1. The normalized spacial score (nSPS) is 12.2. The molecule has 1 unspecified atom stereocenters. The molecule has 0 aliphatic heterocycles. The van der Waals surface area contributed by atoms with E-state index in [2.05, 4.69) is 33.9 Å². The Balaban J connectivity index is 2.12. The highest BCUT2D eigenvalue weighted by molar-refractivity contribution is 9.10. The largest absolute Gasteiger partial charge is 0.467 e. The van der Waals surface area contributed by atoms with Crippen molar-refractivity contribution in [3.8, 4) is 0 Å². The summed E-state index contributed by atoms with van der Waals surface area (Å²) in [7, 11) is 0. The standard InChI is InChI=1S/C13H12BrNO2S/c1-8(11-3-2-6-17-11)15-13(16)10-5-4-9(14)7-12(10)18/h2-8,18H,1H3,(H,15,16). The number of rotatable bonds is 3. The van der Waals surface area contributed by atoms with Gasteiger partial charge in [-0.05, 0) is 37.3 Å². The summed E-state index contributed by atoms with van der Waals surface area (Å²) in [5.41, 5.74) is 0.542. The molecule has 1 atom stereocenters. The van der Waals surface area contributed by atoms with Gasteiger partial charge < -0.3 is 9.73 Å². The van der Waals surface area contributed by atoms with Crippen LogP contribution in [0, 0.1) is 0 Å². The van der Waals surface area contributed by atoms with E-state index < -0.39 is 0 Å². The number of carbonyl (C=O) groups is 1. The minimum Gasteiger partial charge on any atom is -0.467 e. The first kappa shape index (κ1) is 13.2. The second-order valence-electron chi connectivity index (χ2n) is 3.87. The first-order valence-corrected chi connectivity index (χ1v) is 6.64. The average Bonchev–Trinajstić information content (AvgIpc) is 2.81. The number of halogens is 1. The van der Waals surface area contributed by atoms with Crippen molar-refractivity contribution in [2.24, 2.45) is 0 Å². The fourth-order valence-corrected chi connectivity index (χ4v) is 2.43. The van der Waals surface area contributed by atoms with E-state index in [0.29, 0.717) is 10.5 Å². The molecule has 1 aromatic heterocycles. The second kappa shape index (κ2) is 5.63. The Morgan fingerprint density at radius 3 is 2.83 bits per heavy atom. The van der Waals surface area contributed by atoms with Gasteiger partial charge in [0, 0.05) is 9.37 Å². The van der Waals surface area contributed by atoms with Gasteiger partial charge >= 0.3 is 0 Å². The molecule has 2 aromatic rings. The van der Waals surface area contributed by atoms with Crippen molar-refractivity contribution in [1.82, 2.24) is 5.32 Å². The van der Waals surface area contributed by atoms with Gasteiger partial charge in [0.1, 0.15) is 5.76 Å². The third-order valence-electron chi connectivity index (χ3n) is 2.52. The number of hydrogen-bond acceptors (Lipinski definition) is 3. The molecule has 0 fully saturated rings. The van der Waals surface area contributed by atoms with Gasteiger partial charge in [-0.15, -0.1) is 12.6 Å². The molecular formula is C13H12BrNO2S. The lowest BCUT2D eigenvalue weighted by Crippen LogP contribution is -2.26. The third-order valence-corrected chi connectivity index (χ3v) is 3.39. The summed E-state index contributed by atoms with van der Waals surface area (Å²) in [5.74, 6) is 0.553. The SMILES string of the molecule is CC(NC(=O)c1ccc(Br)cc1S)c1ccco1. The maximum atomic E-state index is 12.1. The van der Waals surface area contributed by atoms with Gasteiger partial charge in [-0.1, -0.05) is 15.9 Å². The third kappa shape index (κ3) is 2.97. The number of thiol groups is 1. The summed E-state index contributed by atoms with van der Waals surface area (Å²) in [6.07, 6.45) is 1.58. The monoisotopic (exact) mass is 325 g/mol. The number of hydrogen-bond donors (Lipinski definition) is 2. The zero-order chi connectivity index (χ0) is 13.1. The molecule has 0 spiro atoms. The second-order valence-corrected chi connectivity index (χ2v) is 5.27. The van der Waals surface area contributed by atoms with Crippen LogP contribution in [0.25, 0.3) is 0 Å². The van der Waals surface area contributed by atoms with E-state index >= 15 is 0 Å². The molecule has 0 radical (unpaired) electrons. The molecule has 0 saturated carbocycles. The Bertz CT molecular complexity index is 554. The Morgan fingerprint density at radius 2 is 2.22 bits per heavy atom. The van der Waals surface area contributed by atoms with Gasteiger partial charge in [-0.25, -0.2) is 0 Å². The highest BCUT2D eigenvalue weighted by Gasteiger charge is 2.15. The minimum absolute atomic E-state index is 0.170. The molecule has 1 N–H and O–H groups in total. The van der Waals surface area contributed by atoms with Crippen LogP contribution in [0.15, 0.2) is 50.4 Å². The first-order chi connectivity index (χ1) is 8.58. The predicted molar refractivity (Wildman–Crippen MR) is 76.0 cm³/mol. The highest BCUT2D eigenvalue weighted by atomic mass is 79.9. The van der Waals surface area contributed by atoms with Gasteiger partial charge in [0.2, 0.25) is 0 Å². The van der Waals surface area contributed by atoms with Crippen LogP contribution in [0.4, 0.5) is 0 Å². The van der Waals surface area contributed by atoms with Gasteiger partial charge in [0.05, 0.1) is 17.9 Å². The number of nitrogens with one attached hydrogen (secondary N) is 1. The van der Waals surface area contributed by atoms with Crippen molar-refractivity contribution < 1.29 is 9.21 Å². The Kier molecular flexibility index (Phi) is 4.14. The molecule has 0 aliphatic carbocycles. The molecular weight excluding hydrogens is 314 g/mol. The molecule has 1 heterocycles.